The summed E-state index contributed by atoms with van der Waals surface area (Å²) in [5.41, 5.74) is 1.11. The molecule has 2 aliphatic heterocycles. The summed E-state index contributed by atoms with van der Waals surface area (Å²) in [6.45, 7) is 5.42. The number of ether oxygens (including phenoxy) is 2. The Balaban J connectivity index is 2.05. The quantitative estimate of drug-likeness (QED) is 0.910. The summed E-state index contributed by atoms with van der Waals surface area (Å²) in [5, 5.41) is 3.57. The van der Waals surface area contributed by atoms with Gasteiger partial charge in [-0.15, -0.1) is 0 Å². The molecule has 1 aromatic rings. The first-order chi connectivity index (χ1) is 9.65. The Labute approximate surface area is 122 Å². The molecular formula is C15H21NO3S. The number of benzene rings is 1. The van der Waals surface area contributed by atoms with Crippen LogP contribution in [0.2, 0.25) is 0 Å². The van der Waals surface area contributed by atoms with Crippen molar-refractivity contribution in [1.29, 1.82) is 0 Å². The van der Waals surface area contributed by atoms with Crippen LogP contribution in [0.3, 0.4) is 0 Å². The van der Waals surface area contributed by atoms with E-state index in [0.717, 1.165) is 40.6 Å². The zero-order valence-corrected chi connectivity index (χ0v) is 12.8. The third-order valence-corrected chi connectivity index (χ3v) is 5.16. The van der Waals surface area contributed by atoms with Crippen LogP contribution >= 0.6 is 0 Å². The van der Waals surface area contributed by atoms with E-state index >= 15 is 0 Å². The molecule has 1 N–H and O–H groups in total. The molecule has 0 spiro atoms. The number of hydrogen-bond acceptors (Lipinski definition) is 4. The van der Waals surface area contributed by atoms with E-state index < -0.39 is 10.8 Å². The van der Waals surface area contributed by atoms with Gasteiger partial charge in [-0.3, -0.25) is 4.21 Å². The first kappa shape index (κ1) is 13.9. The molecule has 0 saturated carbocycles. The van der Waals surface area contributed by atoms with Crippen LogP contribution in [0.5, 0.6) is 11.5 Å². The Bertz CT molecular complexity index is 530. The summed E-state index contributed by atoms with van der Waals surface area (Å²) in [6, 6.07) is 4.58. The zero-order valence-electron chi connectivity index (χ0n) is 12.0. The topological polar surface area (TPSA) is 47.6 Å². The summed E-state index contributed by atoms with van der Waals surface area (Å²) in [5.74, 6) is 2.24. The average Bonchev–Trinajstić information content (AvgIpc) is 2.57. The van der Waals surface area contributed by atoms with Crippen LogP contribution in [0.1, 0.15) is 38.3 Å². The van der Waals surface area contributed by atoms with Gasteiger partial charge in [0, 0.05) is 28.8 Å². The van der Waals surface area contributed by atoms with Gasteiger partial charge in [0.05, 0.1) is 10.8 Å². The van der Waals surface area contributed by atoms with E-state index in [1.54, 1.807) is 0 Å². The number of nitrogens with one attached hydrogen (secondary N) is 1. The Morgan fingerprint density at radius 2 is 1.95 bits per heavy atom. The zero-order chi connectivity index (χ0) is 14.1. The molecule has 2 aliphatic rings. The van der Waals surface area contributed by atoms with E-state index in [2.05, 4.69) is 19.2 Å². The summed E-state index contributed by atoms with van der Waals surface area (Å²) in [4.78, 5) is 0.907. The lowest BCUT2D eigenvalue weighted by atomic mass is 10.0. The molecule has 0 bridgehead atoms. The molecule has 110 valence electrons. The molecule has 20 heavy (non-hydrogen) atoms. The SMILES string of the molecule is CC(C)NC1CCCS(=O)c2cc3c(cc21)OCCO3. The van der Waals surface area contributed by atoms with Gasteiger partial charge in [0.2, 0.25) is 0 Å². The normalized spacial score (nSPS) is 25.1. The molecule has 0 fully saturated rings. The molecule has 1 aromatic carbocycles. The predicted molar refractivity (Wildman–Crippen MR) is 79.0 cm³/mol. The fraction of sp³-hybridized carbons (Fsp3) is 0.600. The maximum atomic E-state index is 12.4. The van der Waals surface area contributed by atoms with Crippen molar-refractivity contribution in [3.63, 3.8) is 0 Å². The molecule has 5 heteroatoms. The molecular weight excluding hydrogens is 274 g/mol. The summed E-state index contributed by atoms with van der Waals surface area (Å²) in [6.07, 6.45) is 1.98. The largest absolute Gasteiger partial charge is 0.486 e. The van der Waals surface area contributed by atoms with E-state index in [4.69, 9.17) is 9.47 Å². The van der Waals surface area contributed by atoms with Crippen LogP contribution in [-0.4, -0.2) is 29.2 Å². The lowest BCUT2D eigenvalue weighted by Crippen LogP contribution is -2.28. The van der Waals surface area contributed by atoms with E-state index in [-0.39, 0.29) is 6.04 Å². The van der Waals surface area contributed by atoms with Crippen LogP contribution in [0.4, 0.5) is 0 Å². The van der Waals surface area contributed by atoms with Crippen molar-refractivity contribution in [2.24, 2.45) is 0 Å². The highest BCUT2D eigenvalue weighted by Crippen LogP contribution is 2.39. The molecule has 4 nitrogen and oxygen atoms in total. The van der Waals surface area contributed by atoms with Gasteiger partial charge in [-0.25, -0.2) is 0 Å². The second-order valence-electron chi connectivity index (χ2n) is 5.60. The van der Waals surface area contributed by atoms with Gasteiger partial charge in [-0.1, -0.05) is 13.8 Å². The molecule has 0 amide bonds. The lowest BCUT2D eigenvalue weighted by molar-refractivity contribution is 0.170. The highest BCUT2D eigenvalue weighted by molar-refractivity contribution is 7.85. The van der Waals surface area contributed by atoms with Crippen molar-refractivity contribution in [2.75, 3.05) is 19.0 Å². The fourth-order valence-corrected chi connectivity index (χ4v) is 4.17. The smallest absolute Gasteiger partial charge is 0.162 e. The van der Waals surface area contributed by atoms with Crippen molar-refractivity contribution in [3.8, 4) is 11.5 Å². The van der Waals surface area contributed by atoms with E-state index in [1.165, 1.54) is 0 Å². The van der Waals surface area contributed by atoms with Crippen molar-refractivity contribution in [1.82, 2.24) is 5.32 Å². The van der Waals surface area contributed by atoms with Gasteiger partial charge in [0.1, 0.15) is 13.2 Å². The average molecular weight is 295 g/mol. The van der Waals surface area contributed by atoms with Gasteiger partial charge in [-0.2, -0.15) is 0 Å². The number of rotatable bonds is 2. The monoisotopic (exact) mass is 295 g/mol. The van der Waals surface area contributed by atoms with Crippen LogP contribution in [0, 0.1) is 0 Å². The van der Waals surface area contributed by atoms with Crippen molar-refractivity contribution < 1.29 is 13.7 Å². The van der Waals surface area contributed by atoms with E-state index in [0.29, 0.717) is 19.3 Å². The second kappa shape index (κ2) is 5.74. The van der Waals surface area contributed by atoms with Gasteiger partial charge in [0.25, 0.3) is 0 Å². The summed E-state index contributed by atoms with van der Waals surface area (Å²) < 4.78 is 23.7. The molecule has 0 aromatic heterocycles. The first-order valence-corrected chi connectivity index (χ1v) is 8.55. The molecule has 0 radical (unpaired) electrons. The van der Waals surface area contributed by atoms with Crippen molar-refractivity contribution >= 4 is 10.8 Å². The maximum Gasteiger partial charge on any atom is 0.162 e. The highest BCUT2D eigenvalue weighted by atomic mass is 32.2. The van der Waals surface area contributed by atoms with Gasteiger partial charge in [0.15, 0.2) is 11.5 Å². The van der Waals surface area contributed by atoms with Gasteiger partial charge < -0.3 is 14.8 Å². The van der Waals surface area contributed by atoms with Gasteiger partial charge >= 0.3 is 0 Å². The Hall–Kier alpha value is -1.07. The van der Waals surface area contributed by atoms with Crippen molar-refractivity contribution in [3.05, 3.63) is 17.7 Å². The predicted octanol–water partition coefficient (Wildman–Crippen LogP) is 2.40. The van der Waals surface area contributed by atoms with E-state index in [9.17, 15) is 4.21 Å². The van der Waals surface area contributed by atoms with Gasteiger partial charge in [-0.05, 0) is 24.5 Å². The van der Waals surface area contributed by atoms with E-state index in [1.807, 2.05) is 12.1 Å². The molecule has 3 rings (SSSR count). The Morgan fingerprint density at radius 1 is 1.25 bits per heavy atom. The molecule has 0 aliphatic carbocycles. The van der Waals surface area contributed by atoms with Crippen LogP contribution in [-0.2, 0) is 10.8 Å². The molecule has 2 atom stereocenters. The Kier molecular flexibility index (Phi) is 3.98. The number of fused-ring (bicyclic) bond motifs is 2. The third kappa shape index (κ3) is 2.69. The Morgan fingerprint density at radius 3 is 2.65 bits per heavy atom. The van der Waals surface area contributed by atoms with Crippen LogP contribution in [0.25, 0.3) is 0 Å². The highest BCUT2D eigenvalue weighted by Gasteiger charge is 2.26. The molecule has 2 heterocycles. The fourth-order valence-electron chi connectivity index (χ4n) is 2.81. The number of hydrogen-bond donors (Lipinski definition) is 1. The van der Waals surface area contributed by atoms with Crippen LogP contribution in [0.15, 0.2) is 17.0 Å². The van der Waals surface area contributed by atoms with Crippen LogP contribution < -0.4 is 14.8 Å². The third-order valence-electron chi connectivity index (χ3n) is 3.65. The minimum atomic E-state index is -0.942. The van der Waals surface area contributed by atoms with Crippen molar-refractivity contribution in [2.45, 2.75) is 43.7 Å². The summed E-state index contributed by atoms with van der Waals surface area (Å²) in [7, 11) is -0.942. The molecule has 2 unspecified atom stereocenters. The minimum absolute atomic E-state index is 0.243. The molecule has 0 saturated heterocycles. The lowest BCUT2D eigenvalue weighted by Gasteiger charge is -2.25. The minimum Gasteiger partial charge on any atom is -0.486 e. The summed E-state index contributed by atoms with van der Waals surface area (Å²) >= 11 is 0. The standard InChI is InChI=1S/C15H21NO3S/c1-10(2)16-12-4-3-7-20(17)15-9-14-13(8-11(12)15)18-5-6-19-14/h8-10,12,16H,3-7H2,1-2H3. The first-order valence-electron chi connectivity index (χ1n) is 7.23. The maximum absolute atomic E-state index is 12.4. The second-order valence-corrected chi connectivity index (χ2v) is 7.14.